The van der Waals surface area contributed by atoms with Gasteiger partial charge in [0, 0.05) is 25.3 Å². The first-order valence-electron chi connectivity index (χ1n) is 7.00. The fourth-order valence-electron chi connectivity index (χ4n) is 1.83. The predicted molar refractivity (Wildman–Crippen MR) is 74.4 cm³/mol. The average Bonchev–Trinajstić information content (AvgIpc) is 2.80. The summed E-state index contributed by atoms with van der Waals surface area (Å²) in [5, 5.41) is 11.7. The van der Waals surface area contributed by atoms with Crippen molar-refractivity contribution < 1.29 is 0 Å². The van der Waals surface area contributed by atoms with Crippen LogP contribution in [-0.2, 0) is 13.1 Å². The smallest absolute Gasteiger partial charge is 0.0964 e. The summed E-state index contributed by atoms with van der Waals surface area (Å²) in [5.74, 6) is 0. The highest BCUT2D eigenvalue weighted by atomic mass is 15.4. The average molecular weight is 253 g/mol. The fraction of sp³-hybridized carbons (Fsp3) is 0.846. The summed E-state index contributed by atoms with van der Waals surface area (Å²) in [6.45, 7) is 13.7. The Kier molecular flexibility index (Phi) is 6.90. The molecule has 0 aliphatic heterocycles. The molecule has 0 aromatic carbocycles. The maximum atomic E-state index is 4.17. The van der Waals surface area contributed by atoms with Crippen molar-refractivity contribution in [3.63, 3.8) is 0 Å². The first-order valence-corrected chi connectivity index (χ1v) is 7.00. The third kappa shape index (κ3) is 5.60. The van der Waals surface area contributed by atoms with E-state index in [1.807, 2.05) is 10.9 Å². The number of aromatic nitrogens is 3. The molecule has 1 rings (SSSR count). The van der Waals surface area contributed by atoms with Crippen molar-refractivity contribution in [3.8, 4) is 0 Å². The number of hydrogen-bond acceptors (Lipinski definition) is 4. The van der Waals surface area contributed by atoms with Crippen molar-refractivity contribution in [2.24, 2.45) is 0 Å². The van der Waals surface area contributed by atoms with Gasteiger partial charge in [-0.2, -0.15) is 0 Å². The molecular weight excluding hydrogens is 226 g/mol. The van der Waals surface area contributed by atoms with Crippen LogP contribution in [0.5, 0.6) is 0 Å². The van der Waals surface area contributed by atoms with Gasteiger partial charge in [-0.1, -0.05) is 32.9 Å². The Morgan fingerprint density at radius 3 is 2.72 bits per heavy atom. The Hall–Kier alpha value is -0.940. The zero-order valence-electron chi connectivity index (χ0n) is 12.2. The quantitative estimate of drug-likeness (QED) is 0.724. The first-order chi connectivity index (χ1) is 8.65. The van der Waals surface area contributed by atoms with Gasteiger partial charge in [0.1, 0.15) is 0 Å². The molecule has 0 aliphatic rings. The molecule has 0 amide bonds. The lowest BCUT2D eigenvalue weighted by molar-refractivity contribution is 0.271. The highest BCUT2D eigenvalue weighted by molar-refractivity contribution is 4.91. The van der Waals surface area contributed by atoms with Crippen LogP contribution in [0.4, 0.5) is 0 Å². The summed E-state index contributed by atoms with van der Waals surface area (Å²) >= 11 is 0. The minimum Gasteiger partial charge on any atom is -0.309 e. The van der Waals surface area contributed by atoms with Crippen molar-refractivity contribution >= 4 is 0 Å². The van der Waals surface area contributed by atoms with Crippen LogP contribution in [0, 0.1) is 0 Å². The van der Waals surface area contributed by atoms with Gasteiger partial charge in [0.15, 0.2) is 0 Å². The number of nitrogens with one attached hydrogen (secondary N) is 1. The lowest BCUT2D eigenvalue weighted by Gasteiger charge is -2.18. The molecule has 0 aliphatic carbocycles. The Morgan fingerprint density at radius 1 is 1.33 bits per heavy atom. The van der Waals surface area contributed by atoms with Crippen molar-refractivity contribution in [1.82, 2.24) is 25.2 Å². The van der Waals surface area contributed by atoms with Gasteiger partial charge in [0.2, 0.25) is 0 Å². The highest BCUT2D eigenvalue weighted by Crippen LogP contribution is 1.96. The molecule has 1 N–H and O–H groups in total. The molecule has 1 heterocycles. The molecule has 0 radical (unpaired) electrons. The molecule has 5 nitrogen and oxygen atoms in total. The van der Waals surface area contributed by atoms with E-state index in [9.17, 15) is 0 Å². The van der Waals surface area contributed by atoms with Crippen molar-refractivity contribution in [1.29, 1.82) is 0 Å². The molecule has 0 fully saturated rings. The lowest BCUT2D eigenvalue weighted by Crippen LogP contribution is -2.28. The monoisotopic (exact) mass is 253 g/mol. The largest absolute Gasteiger partial charge is 0.309 e. The summed E-state index contributed by atoms with van der Waals surface area (Å²) in [4.78, 5) is 2.44. The third-order valence-corrected chi connectivity index (χ3v) is 2.91. The van der Waals surface area contributed by atoms with Crippen LogP contribution in [0.15, 0.2) is 6.20 Å². The van der Waals surface area contributed by atoms with E-state index in [-0.39, 0.29) is 0 Å². The maximum Gasteiger partial charge on any atom is 0.0964 e. The molecule has 0 atom stereocenters. The van der Waals surface area contributed by atoms with E-state index in [1.54, 1.807) is 0 Å². The summed E-state index contributed by atoms with van der Waals surface area (Å²) < 4.78 is 1.94. The van der Waals surface area contributed by atoms with Crippen LogP contribution in [0.3, 0.4) is 0 Å². The van der Waals surface area contributed by atoms with Crippen LogP contribution < -0.4 is 5.32 Å². The second-order valence-electron chi connectivity index (χ2n) is 4.94. The molecule has 18 heavy (non-hydrogen) atoms. The molecule has 0 bridgehead atoms. The zero-order valence-corrected chi connectivity index (χ0v) is 12.2. The van der Waals surface area contributed by atoms with E-state index in [0.717, 1.165) is 38.4 Å². The molecule has 0 saturated carbocycles. The Bertz CT molecular complexity index is 321. The molecule has 0 spiro atoms. The van der Waals surface area contributed by atoms with E-state index >= 15 is 0 Å². The van der Waals surface area contributed by atoms with Gasteiger partial charge >= 0.3 is 0 Å². The SMILES string of the molecule is CCCN(CC)CCn1cc(CNC(C)C)nn1. The van der Waals surface area contributed by atoms with Gasteiger partial charge in [-0.3, -0.25) is 4.68 Å². The van der Waals surface area contributed by atoms with E-state index in [2.05, 4.69) is 48.2 Å². The number of likely N-dealkylation sites (N-methyl/N-ethyl adjacent to an activating group) is 1. The summed E-state index contributed by atoms with van der Waals surface area (Å²) in [6, 6.07) is 0.482. The van der Waals surface area contributed by atoms with Crippen LogP contribution >= 0.6 is 0 Å². The molecule has 5 heteroatoms. The van der Waals surface area contributed by atoms with Gasteiger partial charge in [-0.15, -0.1) is 5.10 Å². The zero-order chi connectivity index (χ0) is 13.4. The summed E-state index contributed by atoms with van der Waals surface area (Å²) in [7, 11) is 0. The van der Waals surface area contributed by atoms with Gasteiger partial charge < -0.3 is 10.2 Å². The van der Waals surface area contributed by atoms with Gasteiger partial charge in [0.05, 0.1) is 12.2 Å². The molecular formula is C13H27N5. The van der Waals surface area contributed by atoms with E-state index in [0.29, 0.717) is 6.04 Å². The minimum atomic E-state index is 0.482. The second-order valence-corrected chi connectivity index (χ2v) is 4.94. The molecule has 1 aromatic heterocycles. The van der Waals surface area contributed by atoms with Crippen LogP contribution in [0.1, 0.15) is 39.8 Å². The van der Waals surface area contributed by atoms with E-state index in [4.69, 9.17) is 0 Å². The first kappa shape index (κ1) is 15.1. The Morgan fingerprint density at radius 2 is 2.11 bits per heavy atom. The highest BCUT2D eigenvalue weighted by Gasteiger charge is 2.04. The number of nitrogens with zero attached hydrogens (tertiary/aromatic N) is 4. The standard InChI is InChI=1S/C13H27N5/c1-5-7-17(6-2)8-9-18-11-13(15-16-18)10-14-12(3)4/h11-12,14H,5-10H2,1-4H3. The van der Waals surface area contributed by atoms with Crippen LogP contribution in [-0.4, -0.2) is 45.6 Å². The van der Waals surface area contributed by atoms with E-state index < -0.39 is 0 Å². The Balaban J connectivity index is 2.34. The second kappa shape index (κ2) is 8.21. The lowest BCUT2D eigenvalue weighted by atomic mass is 10.3. The molecule has 1 aromatic rings. The minimum absolute atomic E-state index is 0.482. The van der Waals surface area contributed by atoms with E-state index in [1.165, 1.54) is 6.42 Å². The topological polar surface area (TPSA) is 46.0 Å². The van der Waals surface area contributed by atoms with Crippen LogP contribution in [0.25, 0.3) is 0 Å². The molecule has 104 valence electrons. The third-order valence-electron chi connectivity index (χ3n) is 2.91. The van der Waals surface area contributed by atoms with Gasteiger partial charge in [-0.25, -0.2) is 0 Å². The Labute approximate surface area is 111 Å². The fourth-order valence-corrected chi connectivity index (χ4v) is 1.83. The van der Waals surface area contributed by atoms with Crippen LogP contribution in [0.2, 0.25) is 0 Å². The van der Waals surface area contributed by atoms with Crippen molar-refractivity contribution in [2.45, 2.75) is 53.2 Å². The normalized spacial score (nSPS) is 11.7. The molecule has 0 unspecified atom stereocenters. The van der Waals surface area contributed by atoms with Gasteiger partial charge in [-0.05, 0) is 19.5 Å². The van der Waals surface area contributed by atoms with Crippen molar-refractivity contribution in [3.05, 3.63) is 11.9 Å². The maximum absolute atomic E-state index is 4.17. The summed E-state index contributed by atoms with van der Waals surface area (Å²) in [6.07, 6.45) is 3.24. The van der Waals surface area contributed by atoms with Crippen molar-refractivity contribution in [2.75, 3.05) is 19.6 Å². The predicted octanol–water partition coefficient (Wildman–Crippen LogP) is 1.51. The number of rotatable bonds is 9. The molecule has 0 saturated heterocycles. The van der Waals surface area contributed by atoms with Gasteiger partial charge in [0.25, 0.3) is 0 Å². The number of hydrogen-bond donors (Lipinski definition) is 1. The summed E-state index contributed by atoms with van der Waals surface area (Å²) in [5.41, 5.74) is 1.02.